The van der Waals surface area contributed by atoms with E-state index in [1.165, 1.54) is 6.07 Å². The molecule has 0 saturated carbocycles. The van der Waals surface area contributed by atoms with E-state index in [0.717, 1.165) is 0 Å². The predicted octanol–water partition coefficient (Wildman–Crippen LogP) is 2.57. The fourth-order valence-electron chi connectivity index (χ4n) is 1.61. The van der Waals surface area contributed by atoms with E-state index < -0.39 is 29.7 Å². The lowest BCUT2D eigenvalue weighted by molar-refractivity contribution is -0.385. The van der Waals surface area contributed by atoms with Crippen LogP contribution in [-0.2, 0) is 14.3 Å². The Hall–Kier alpha value is -1.96. The molecule has 0 spiro atoms. The molecule has 21 heavy (non-hydrogen) atoms. The van der Waals surface area contributed by atoms with Crippen molar-refractivity contribution in [3.8, 4) is 5.75 Å². The zero-order valence-corrected chi connectivity index (χ0v) is 13.1. The van der Waals surface area contributed by atoms with E-state index in [-0.39, 0.29) is 18.0 Å². The van der Waals surface area contributed by atoms with Crippen molar-refractivity contribution in [3.05, 3.63) is 32.3 Å². The summed E-state index contributed by atoms with van der Waals surface area (Å²) in [6, 6.07) is 2.93. The lowest BCUT2D eigenvalue weighted by Crippen LogP contribution is -2.18. The Balaban J connectivity index is 2.77. The van der Waals surface area contributed by atoms with Crippen LogP contribution in [0, 0.1) is 17.0 Å². The summed E-state index contributed by atoms with van der Waals surface area (Å²) in [5.41, 5.74) is 0.269. The first-order valence-corrected chi connectivity index (χ1v) is 6.89. The van der Waals surface area contributed by atoms with Crippen molar-refractivity contribution in [1.82, 2.24) is 0 Å². The quantitative estimate of drug-likeness (QED) is 0.321. The lowest BCUT2D eigenvalue weighted by Gasteiger charge is -2.09. The van der Waals surface area contributed by atoms with Gasteiger partial charge in [0.05, 0.1) is 11.5 Å². The van der Waals surface area contributed by atoms with Gasteiger partial charge in [-0.1, -0.05) is 15.9 Å². The molecule has 0 bridgehead atoms. The second-order valence-corrected chi connectivity index (χ2v) is 5.05. The highest BCUT2D eigenvalue weighted by Gasteiger charge is 2.20. The van der Waals surface area contributed by atoms with Gasteiger partial charge in [0.1, 0.15) is 13.0 Å². The van der Waals surface area contributed by atoms with Gasteiger partial charge in [-0.05, 0) is 25.5 Å². The minimum atomic E-state index is -0.645. The van der Waals surface area contributed by atoms with E-state index in [2.05, 4.69) is 20.7 Å². The predicted molar refractivity (Wildman–Crippen MR) is 77.3 cm³/mol. The Morgan fingerprint density at radius 2 is 2.05 bits per heavy atom. The SMILES string of the molecule is CCOC(=O)CC(=O)COc1c(C)cc(Br)cc1[N+](=O)[O-]. The molecule has 8 heteroatoms. The molecule has 114 valence electrons. The van der Waals surface area contributed by atoms with Crippen LogP contribution in [0.1, 0.15) is 18.9 Å². The standard InChI is InChI=1S/C13H14BrNO6/c1-3-20-12(17)6-10(16)7-21-13-8(2)4-9(14)5-11(13)15(18)19/h4-5H,3,6-7H2,1-2H3. The Bertz CT molecular complexity index is 572. The number of nitro benzene ring substituents is 1. The van der Waals surface area contributed by atoms with Crippen LogP contribution >= 0.6 is 15.9 Å². The molecule has 0 radical (unpaired) electrons. The summed E-state index contributed by atoms with van der Waals surface area (Å²) in [4.78, 5) is 33.1. The molecule has 0 atom stereocenters. The van der Waals surface area contributed by atoms with E-state index in [1.54, 1.807) is 19.9 Å². The number of carbonyl (C=O) groups excluding carboxylic acids is 2. The maximum atomic E-state index is 11.6. The number of Topliss-reactive ketones (excluding diaryl/α,β-unsaturated/α-hetero) is 1. The summed E-state index contributed by atoms with van der Waals surface area (Å²) < 4.78 is 10.4. The van der Waals surface area contributed by atoms with Crippen molar-refractivity contribution in [3.63, 3.8) is 0 Å². The molecule has 0 aliphatic rings. The smallest absolute Gasteiger partial charge is 0.313 e. The molecule has 0 aromatic heterocycles. The number of ether oxygens (including phenoxy) is 2. The van der Waals surface area contributed by atoms with Gasteiger partial charge >= 0.3 is 11.7 Å². The minimum Gasteiger partial charge on any atom is -0.479 e. The Morgan fingerprint density at radius 3 is 2.62 bits per heavy atom. The monoisotopic (exact) mass is 359 g/mol. The summed E-state index contributed by atoms with van der Waals surface area (Å²) in [5, 5.41) is 11.0. The van der Waals surface area contributed by atoms with Gasteiger partial charge in [-0.3, -0.25) is 19.7 Å². The number of ketones is 1. The average Bonchev–Trinajstić information content (AvgIpc) is 2.36. The maximum absolute atomic E-state index is 11.6. The average molecular weight is 360 g/mol. The molecule has 1 aromatic carbocycles. The zero-order valence-electron chi connectivity index (χ0n) is 11.6. The van der Waals surface area contributed by atoms with E-state index in [1.807, 2.05) is 0 Å². The van der Waals surface area contributed by atoms with E-state index in [9.17, 15) is 19.7 Å². The van der Waals surface area contributed by atoms with E-state index in [4.69, 9.17) is 4.74 Å². The van der Waals surface area contributed by atoms with Gasteiger partial charge < -0.3 is 9.47 Å². The third-order valence-corrected chi connectivity index (χ3v) is 2.90. The molecule has 0 N–H and O–H groups in total. The van der Waals surface area contributed by atoms with Crippen molar-refractivity contribution in [2.75, 3.05) is 13.2 Å². The maximum Gasteiger partial charge on any atom is 0.313 e. The number of nitro groups is 1. The van der Waals surface area contributed by atoms with Gasteiger partial charge in [-0.25, -0.2) is 0 Å². The molecular formula is C13H14BrNO6. The summed E-state index contributed by atoms with van der Waals surface area (Å²) in [6.07, 6.45) is -0.419. The molecule has 0 fully saturated rings. The molecule has 0 heterocycles. The fraction of sp³-hybridized carbons (Fsp3) is 0.385. The fourth-order valence-corrected chi connectivity index (χ4v) is 2.17. The first kappa shape index (κ1) is 17.1. The number of carbonyl (C=O) groups is 2. The summed E-state index contributed by atoms with van der Waals surface area (Å²) in [5.74, 6) is -1.14. The summed E-state index contributed by atoms with van der Waals surface area (Å²) in [6.45, 7) is 3.02. The van der Waals surface area contributed by atoms with E-state index >= 15 is 0 Å². The van der Waals surface area contributed by atoms with Crippen LogP contribution in [0.4, 0.5) is 5.69 Å². The molecule has 0 saturated heterocycles. The first-order chi connectivity index (χ1) is 9.85. The number of esters is 1. The lowest BCUT2D eigenvalue weighted by atomic mass is 10.2. The topological polar surface area (TPSA) is 95.7 Å². The molecule has 7 nitrogen and oxygen atoms in total. The molecule has 0 aliphatic heterocycles. The number of hydrogen-bond acceptors (Lipinski definition) is 6. The summed E-state index contributed by atoms with van der Waals surface area (Å²) in [7, 11) is 0. The van der Waals surface area contributed by atoms with Crippen molar-refractivity contribution in [2.45, 2.75) is 20.3 Å². The number of benzene rings is 1. The van der Waals surface area contributed by atoms with Gasteiger partial charge in [-0.15, -0.1) is 0 Å². The molecule has 1 rings (SSSR count). The van der Waals surface area contributed by atoms with Crippen LogP contribution in [0.3, 0.4) is 0 Å². The van der Waals surface area contributed by atoms with Gasteiger partial charge in [0.15, 0.2) is 5.78 Å². The number of rotatable bonds is 7. The van der Waals surface area contributed by atoms with Gasteiger partial charge in [-0.2, -0.15) is 0 Å². The number of halogens is 1. The van der Waals surface area contributed by atoms with Crippen molar-refractivity contribution < 1.29 is 24.0 Å². The second kappa shape index (κ2) is 7.72. The van der Waals surface area contributed by atoms with Gasteiger partial charge in [0, 0.05) is 10.5 Å². The number of hydrogen-bond donors (Lipinski definition) is 0. The Labute approximate surface area is 129 Å². The normalized spacial score (nSPS) is 10.0. The second-order valence-electron chi connectivity index (χ2n) is 4.14. The van der Waals surface area contributed by atoms with Crippen molar-refractivity contribution in [1.29, 1.82) is 0 Å². The van der Waals surface area contributed by atoms with Crippen LogP contribution in [0.15, 0.2) is 16.6 Å². The van der Waals surface area contributed by atoms with Crippen LogP contribution in [0.25, 0.3) is 0 Å². The summed E-state index contributed by atoms with van der Waals surface area (Å²) >= 11 is 3.16. The van der Waals surface area contributed by atoms with Gasteiger partial charge in [0.2, 0.25) is 5.75 Å². The Morgan fingerprint density at radius 1 is 1.38 bits per heavy atom. The highest BCUT2D eigenvalue weighted by atomic mass is 79.9. The van der Waals surface area contributed by atoms with E-state index in [0.29, 0.717) is 10.0 Å². The van der Waals surface area contributed by atoms with Crippen LogP contribution < -0.4 is 4.74 Å². The highest BCUT2D eigenvalue weighted by molar-refractivity contribution is 9.10. The third kappa shape index (κ3) is 5.14. The first-order valence-electron chi connectivity index (χ1n) is 6.09. The molecule has 0 amide bonds. The van der Waals surface area contributed by atoms with Crippen LogP contribution in [0.5, 0.6) is 5.75 Å². The van der Waals surface area contributed by atoms with Crippen molar-refractivity contribution >= 4 is 33.4 Å². The molecule has 0 unspecified atom stereocenters. The van der Waals surface area contributed by atoms with Gasteiger partial charge in [0.25, 0.3) is 0 Å². The minimum absolute atomic E-state index is 0.0143. The third-order valence-electron chi connectivity index (χ3n) is 2.44. The van der Waals surface area contributed by atoms with Crippen LogP contribution in [-0.4, -0.2) is 29.9 Å². The Kier molecular flexibility index (Phi) is 6.29. The number of aryl methyl sites for hydroxylation is 1. The molecule has 1 aromatic rings. The highest BCUT2D eigenvalue weighted by Crippen LogP contribution is 2.34. The molecular weight excluding hydrogens is 346 g/mol. The van der Waals surface area contributed by atoms with Crippen molar-refractivity contribution in [2.24, 2.45) is 0 Å². The molecule has 0 aliphatic carbocycles. The zero-order chi connectivity index (χ0) is 16.0. The number of nitrogens with zero attached hydrogens (tertiary/aromatic N) is 1. The largest absolute Gasteiger partial charge is 0.479 e. The van der Waals surface area contributed by atoms with Crippen LogP contribution in [0.2, 0.25) is 0 Å².